The Morgan fingerprint density at radius 3 is 2.23 bits per heavy atom. The van der Waals surface area contributed by atoms with Crippen LogP contribution in [0.15, 0.2) is 0 Å². The zero-order valence-electron chi connectivity index (χ0n) is 7.56. The Hall–Kier alpha value is -0.170. The number of hydrogen-bond acceptors (Lipinski definition) is 4. The second-order valence-electron chi connectivity index (χ2n) is 3.11. The molecule has 0 unspecified atom stereocenters. The molecule has 1 N–H and O–H groups in total. The van der Waals surface area contributed by atoms with Crippen molar-refractivity contribution in [3.05, 3.63) is 0 Å². The van der Waals surface area contributed by atoms with Crippen LogP contribution < -0.4 is 0 Å². The standard InChI is InChI=1S/C7H16N2O3S/c10-7-1-2-8-3-5-9(6-4-8)13(11)12/h10,13H,1-7H2. The summed E-state index contributed by atoms with van der Waals surface area (Å²) < 4.78 is 22.6. The maximum atomic E-state index is 10.6. The average molecular weight is 208 g/mol. The van der Waals surface area contributed by atoms with Gasteiger partial charge in [-0.2, -0.15) is 0 Å². The second-order valence-corrected chi connectivity index (χ2v) is 4.15. The van der Waals surface area contributed by atoms with Crippen LogP contribution in [0.5, 0.6) is 0 Å². The van der Waals surface area contributed by atoms with E-state index in [0.29, 0.717) is 13.1 Å². The molecule has 0 aromatic heterocycles. The second kappa shape index (κ2) is 5.54. The van der Waals surface area contributed by atoms with E-state index in [4.69, 9.17) is 5.11 Å². The largest absolute Gasteiger partial charge is 0.396 e. The monoisotopic (exact) mass is 208 g/mol. The molecule has 1 fully saturated rings. The van der Waals surface area contributed by atoms with Crippen molar-refractivity contribution in [3.8, 4) is 0 Å². The van der Waals surface area contributed by atoms with E-state index in [0.717, 1.165) is 26.1 Å². The van der Waals surface area contributed by atoms with Crippen LogP contribution in [0.4, 0.5) is 0 Å². The molecular weight excluding hydrogens is 192 g/mol. The van der Waals surface area contributed by atoms with Crippen LogP contribution in [-0.2, 0) is 10.9 Å². The summed E-state index contributed by atoms with van der Waals surface area (Å²) in [5, 5.41) is 8.60. The lowest BCUT2D eigenvalue weighted by Crippen LogP contribution is -2.45. The predicted molar refractivity (Wildman–Crippen MR) is 50.0 cm³/mol. The van der Waals surface area contributed by atoms with Crippen molar-refractivity contribution in [2.24, 2.45) is 0 Å². The van der Waals surface area contributed by atoms with Crippen molar-refractivity contribution in [1.82, 2.24) is 9.21 Å². The molecule has 6 heteroatoms. The van der Waals surface area contributed by atoms with Gasteiger partial charge in [-0.3, -0.25) is 0 Å². The van der Waals surface area contributed by atoms with Crippen LogP contribution in [0.3, 0.4) is 0 Å². The van der Waals surface area contributed by atoms with Gasteiger partial charge >= 0.3 is 0 Å². The van der Waals surface area contributed by atoms with Crippen LogP contribution in [0, 0.1) is 0 Å². The molecule has 13 heavy (non-hydrogen) atoms. The van der Waals surface area contributed by atoms with Crippen molar-refractivity contribution in [2.45, 2.75) is 6.42 Å². The van der Waals surface area contributed by atoms with Gasteiger partial charge < -0.3 is 10.0 Å². The minimum atomic E-state index is -2.39. The van der Waals surface area contributed by atoms with Gasteiger partial charge in [-0.05, 0) is 6.42 Å². The molecule has 0 radical (unpaired) electrons. The topological polar surface area (TPSA) is 60.9 Å². The molecule has 0 aromatic carbocycles. The first-order valence-corrected chi connectivity index (χ1v) is 5.59. The van der Waals surface area contributed by atoms with Crippen LogP contribution in [0.2, 0.25) is 0 Å². The van der Waals surface area contributed by atoms with Crippen molar-refractivity contribution < 1.29 is 13.5 Å². The molecule has 0 atom stereocenters. The molecule has 0 amide bonds. The van der Waals surface area contributed by atoms with E-state index in [1.165, 1.54) is 4.31 Å². The third-order valence-electron chi connectivity index (χ3n) is 2.21. The lowest BCUT2D eigenvalue weighted by atomic mass is 10.3. The third-order valence-corrected chi connectivity index (χ3v) is 3.07. The molecule has 5 nitrogen and oxygen atoms in total. The third kappa shape index (κ3) is 3.60. The fourth-order valence-corrected chi connectivity index (χ4v) is 1.92. The van der Waals surface area contributed by atoms with Crippen molar-refractivity contribution >= 4 is 10.9 Å². The summed E-state index contributed by atoms with van der Waals surface area (Å²) in [6.45, 7) is 3.80. The summed E-state index contributed by atoms with van der Waals surface area (Å²) in [4.78, 5) is 2.17. The van der Waals surface area contributed by atoms with E-state index in [1.54, 1.807) is 0 Å². The van der Waals surface area contributed by atoms with E-state index in [9.17, 15) is 8.42 Å². The Morgan fingerprint density at radius 1 is 1.15 bits per heavy atom. The maximum Gasteiger partial charge on any atom is 0.204 e. The fraction of sp³-hybridized carbons (Fsp3) is 1.00. The van der Waals surface area contributed by atoms with Crippen LogP contribution >= 0.6 is 0 Å². The summed E-state index contributed by atoms with van der Waals surface area (Å²) >= 11 is 0. The Kier molecular flexibility index (Phi) is 4.65. The first-order valence-electron chi connectivity index (χ1n) is 4.46. The van der Waals surface area contributed by atoms with Gasteiger partial charge in [0.2, 0.25) is 10.9 Å². The van der Waals surface area contributed by atoms with Gasteiger partial charge in [-0.15, -0.1) is 0 Å². The van der Waals surface area contributed by atoms with Gasteiger partial charge in [-0.1, -0.05) is 0 Å². The molecule has 1 heterocycles. The number of rotatable bonds is 4. The molecule has 0 bridgehead atoms. The zero-order chi connectivity index (χ0) is 9.68. The average Bonchev–Trinajstić information content (AvgIpc) is 2.15. The van der Waals surface area contributed by atoms with Crippen molar-refractivity contribution in [3.63, 3.8) is 0 Å². The molecule has 0 aliphatic carbocycles. The van der Waals surface area contributed by atoms with Gasteiger partial charge in [0.1, 0.15) is 0 Å². The number of piperazine rings is 1. The molecule has 0 saturated carbocycles. The van der Waals surface area contributed by atoms with E-state index in [-0.39, 0.29) is 6.61 Å². The number of hydrogen-bond donors (Lipinski definition) is 2. The van der Waals surface area contributed by atoms with Gasteiger partial charge in [0, 0.05) is 39.3 Å². The van der Waals surface area contributed by atoms with Crippen LogP contribution in [0.25, 0.3) is 0 Å². The quantitative estimate of drug-likeness (QED) is 0.553. The zero-order valence-corrected chi connectivity index (χ0v) is 8.45. The summed E-state index contributed by atoms with van der Waals surface area (Å²) in [6, 6.07) is 0. The lowest BCUT2D eigenvalue weighted by molar-refractivity contribution is 0.173. The molecule has 78 valence electrons. The number of thiol groups is 1. The Morgan fingerprint density at radius 2 is 1.77 bits per heavy atom. The minimum absolute atomic E-state index is 0.204. The van der Waals surface area contributed by atoms with E-state index in [1.807, 2.05) is 0 Å². The highest BCUT2D eigenvalue weighted by atomic mass is 32.2. The van der Waals surface area contributed by atoms with Gasteiger partial charge in [-0.25, -0.2) is 12.7 Å². The summed E-state index contributed by atoms with van der Waals surface area (Å²) in [5.41, 5.74) is 0. The number of aliphatic hydroxyl groups excluding tert-OH is 1. The molecule has 1 aliphatic heterocycles. The van der Waals surface area contributed by atoms with Crippen LogP contribution in [-0.4, -0.2) is 62.1 Å². The predicted octanol–water partition coefficient (Wildman–Crippen LogP) is -1.49. The molecule has 1 saturated heterocycles. The molecule has 1 aliphatic rings. The SMILES string of the molecule is O=[SH](=O)N1CCN(CCCO)CC1. The highest BCUT2D eigenvalue weighted by molar-refractivity contribution is 7.69. The molecular formula is C7H16N2O3S. The van der Waals surface area contributed by atoms with Gasteiger partial charge in [0.05, 0.1) is 0 Å². The van der Waals surface area contributed by atoms with Gasteiger partial charge in [0.25, 0.3) is 0 Å². The maximum absolute atomic E-state index is 10.6. The number of aliphatic hydroxyl groups is 1. The number of nitrogens with zero attached hydrogens (tertiary/aromatic N) is 2. The summed E-state index contributed by atoms with van der Waals surface area (Å²) in [7, 11) is -2.39. The highest BCUT2D eigenvalue weighted by Gasteiger charge is 2.17. The first-order chi connectivity index (χ1) is 6.24. The van der Waals surface area contributed by atoms with Gasteiger partial charge in [0.15, 0.2) is 0 Å². The first kappa shape index (κ1) is 10.9. The van der Waals surface area contributed by atoms with Crippen molar-refractivity contribution in [2.75, 3.05) is 39.3 Å². The molecule has 1 rings (SSSR count). The smallest absolute Gasteiger partial charge is 0.204 e. The highest BCUT2D eigenvalue weighted by Crippen LogP contribution is 2.01. The van der Waals surface area contributed by atoms with E-state index >= 15 is 0 Å². The normalized spacial score (nSPS) is 21.1. The minimum Gasteiger partial charge on any atom is -0.396 e. The molecule has 0 spiro atoms. The van der Waals surface area contributed by atoms with Crippen LogP contribution in [0.1, 0.15) is 6.42 Å². The Labute approximate surface area is 80.0 Å². The van der Waals surface area contributed by atoms with E-state index in [2.05, 4.69) is 4.90 Å². The Balaban J connectivity index is 2.22. The lowest BCUT2D eigenvalue weighted by Gasteiger charge is -2.30. The summed E-state index contributed by atoms with van der Waals surface area (Å²) in [5.74, 6) is 0. The van der Waals surface area contributed by atoms with Crippen molar-refractivity contribution in [1.29, 1.82) is 0 Å². The van der Waals surface area contributed by atoms with E-state index < -0.39 is 10.9 Å². The molecule has 0 aromatic rings. The Bertz CT molecular complexity index is 204. The summed E-state index contributed by atoms with van der Waals surface area (Å²) in [6.07, 6.45) is 0.767. The fourth-order valence-electron chi connectivity index (χ4n) is 1.42.